The molecular weight excluding hydrogens is 286 g/mol. The molecule has 1 saturated heterocycles. The van der Waals surface area contributed by atoms with E-state index in [0.717, 1.165) is 17.7 Å². The molecule has 2 heterocycles. The second kappa shape index (κ2) is 6.32. The van der Waals surface area contributed by atoms with Gasteiger partial charge in [0.1, 0.15) is 4.21 Å². The molecule has 5 nitrogen and oxygen atoms in total. The van der Waals surface area contributed by atoms with Crippen LogP contribution in [-0.4, -0.2) is 50.7 Å². The van der Waals surface area contributed by atoms with E-state index < -0.39 is 10.0 Å². The quantitative estimate of drug-likeness (QED) is 0.884. The van der Waals surface area contributed by atoms with Gasteiger partial charge >= 0.3 is 0 Å². The molecule has 1 fully saturated rings. The van der Waals surface area contributed by atoms with E-state index in [9.17, 15) is 8.42 Å². The number of aliphatic hydroxyl groups is 1. The third-order valence-electron chi connectivity index (χ3n) is 3.33. The largest absolute Gasteiger partial charge is 0.396 e. The predicted molar refractivity (Wildman–Crippen MR) is 73.9 cm³/mol. The van der Waals surface area contributed by atoms with Gasteiger partial charge in [0, 0.05) is 44.2 Å². The minimum Gasteiger partial charge on any atom is -0.396 e. The number of rotatable bonds is 5. The molecule has 0 atom stereocenters. The van der Waals surface area contributed by atoms with Gasteiger partial charge in [-0.05, 0) is 25.0 Å². The lowest BCUT2D eigenvalue weighted by Gasteiger charge is -2.29. The van der Waals surface area contributed by atoms with E-state index >= 15 is 0 Å². The van der Waals surface area contributed by atoms with Crippen LogP contribution in [0.1, 0.15) is 17.7 Å². The van der Waals surface area contributed by atoms with Crippen molar-refractivity contribution in [3.8, 4) is 0 Å². The van der Waals surface area contributed by atoms with Gasteiger partial charge in [-0.2, -0.15) is 4.31 Å². The van der Waals surface area contributed by atoms with Crippen LogP contribution in [0.5, 0.6) is 0 Å². The van der Waals surface area contributed by atoms with Crippen molar-refractivity contribution < 1.29 is 18.3 Å². The highest BCUT2D eigenvalue weighted by molar-refractivity contribution is 7.91. The molecule has 1 aromatic rings. The van der Waals surface area contributed by atoms with Crippen LogP contribution in [0, 0.1) is 0 Å². The first-order chi connectivity index (χ1) is 9.05. The summed E-state index contributed by atoms with van der Waals surface area (Å²) in [5.41, 5.74) is 0. The molecule has 0 amide bonds. The minimum atomic E-state index is -3.42. The molecule has 19 heavy (non-hydrogen) atoms. The summed E-state index contributed by atoms with van der Waals surface area (Å²) in [5, 5.41) is 8.88. The number of hydrogen-bond acceptors (Lipinski definition) is 5. The number of hydrogen-bond donors (Lipinski definition) is 1. The maximum atomic E-state index is 12.5. The molecule has 108 valence electrons. The van der Waals surface area contributed by atoms with Crippen molar-refractivity contribution in [2.24, 2.45) is 0 Å². The summed E-state index contributed by atoms with van der Waals surface area (Å²) >= 11 is 1.24. The smallest absolute Gasteiger partial charge is 0.252 e. The Balaban J connectivity index is 2.15. The van der Waals surface area contributed by atoms with Crippen LogP contribution in [0.25, 0.3) is 0 Å². The molecule has 1 aliphatic rings. The van der Waals surface area contributed by atoms with Crippen molar-refractivity contribution in [1.29, 1.82) is 0 Å². The molecule has 1 aromatic heterocycles. The summed E-state index contributed by atoms with van der Waals surface area (Å²) in [5.74, 6) is 0. The Morgan fingerprint density at radius 3 is 2.74 bits per heavy atom. The van der Waals surface area contributed by atoms with E-state index in [4.69, 9.17) is 9.84 Å². The lowest BCUT2D eigenvalue weighted by molar-refractivity contribution is 0.0632. The summed E-state index contributed by atoms with van der Waals surface area (Å²) in [6, 6.07) is 3.41. The highest BCUT2D eigenvalue weighted by Gasteiger charge is 2.30. The Morgan fingerprint density at radius 2 is 2.11 bits per heavy atom. The van der Waals surface area contributed by atoms with Gasteiger partial charge in [0.2, 0.25) is 0 Å². The van der Waals surface area contributed by atoms with Crippen LogP contribution in [0.3, 0.4) is 0 Å². The Labute approximate surface area is 117 Å². The first-order valence-electron chi connectivity index (χ1n) is 6.31. The van der Waals surface area contributed by atoms with Crippen molar-refractivity contribution >= 4 is 21.4 Å². The Hall–Kier alpha value is -0.470. The standard InChI is InChI=1S/C12H19NO4S2/c1-13(10-5-8-17-9-6-10)19(15,16)12-3-2-11(18-12)4-7-14/h2-3,10,14H,4-9H2,1H3. The molecule has 0 aliphatic carbocycles. The Morgan fingerprint density at radius 1 is 1.42 bits per heavy atom. The minimum absolute atomic E-state index is 0.0159. The third kappa shape index (κ3) is 3.35. The average molecular weight is 305 g/mol. The molecule has 0 aromatic carbocycles. The summed E-state index contributed by atoms with van der Waals surface area (Å²) < 4.78 is 32.0. The van der Waals surface area contributed by atoms with Gasteiger partial charge in [-0.3, -0.25) is 0 Å². The second-order valence-corrected chi connectivity index (χ2v) is 7.95. The van der Waals surface area contributed by atoms with E-state index in [1.165, 1.54) is 15.6 Å². The zero-order valence-electron chi connectivity index (χ0n) is 10.9. The molecule has 1 N–H and O–H groups in total. The number of ether oxygens (including phenoxy) is 1. The molecule has 0 bridgehead atoms. The fourth-order valence-electron chi connectivity index (χ4n) is 2.13. The topological polar surface area (TPSA) is 66.8 Å². The molecule has 7 heteroatoms. The van der Waals surface area contributed by atoms with Crippen molar-refractivity contribution in [1.82, 2.24) is 4.31 Å². The molecule has 2 rings (SSSR count). The fraction of sp³-hybridized carbons (Fsp3) is 0.667. The number of aliphatic hydroxyl groups excluding tert-OH is 1. The van der Waals surface area contributed by atoms with Crippen LogP contribution in [0.4, 0.5) is 0 Å². The number of nitrogens with zero attached hydrogens (tertiary/aromatic N) is 1. The second-order valence-electron chi connectivity index (χ2n) is 4.56. The van der Waals surface area contributed by atoms with Gasteiger partial charge < -0.3 is 9.84 Å². The van der Waals surface area contributed by atoms with E-state index in [-0.39, 0.29) is 12.6 Å². The van der Waals surface area contributed by atoms with E-state index in [0.29, 0.717) is 23.8 Å². The van der Waals surface area contributed by atoms with Gasteiger partial charge in [0.15, 0.2) is 0 Å². The van der Waals surface area contributed by atoms with Gasteiger partial charge in [-0.1, -0.05) is 0 Å². The molecule has 1 aliphatic heterocycles. The normalized spacial score (nSPS) is 18.1. The zero-order chi connectivity index (χ0) is 13.9. The van der Waals surface area contributed by atoms with E-state index in [1.54, 1.807) is 19.2 Å². The van der Waals surface area contributed by atoms with Crippen LogP contribution in [0.15, 0.2) is 16.3 Å². The zero-order valence-corrected chi connectivity index (χ0v) is 12.5. The summed E-state index contributed by atoms with van der Waals surface area (Å²) in [6.07, 6.45) is 1.98. The monoisotopic (exact) mass is 305 g/mol. The lowest BCUT2D eigenvalue weighted by atomic mass is 10.1. The van der Waals surface area contributed by atoms with Crippen LogP contribution < -0.4 is 0 Å². The number of sulfonamides is 1. The van der Waals surface area contributed by atoms with Crippen LogP contribution in [0.2, 0.25) is 0 Å². The number of thiophene rings is 1. The average Bonchev–Trinajstić information content (AvgIpc) is 2.89. The van der Waals surface area contributed by atoms with Crippen LogP contribution in [-0.2, 0) is 21.2 Å². The maximum absolute atomic E-state index is 12.5. The predicted octanol–water partition coefficient (Wildman–Crippen LogP) is 1.08. The third-order valence-corrected chi connectivity index (χ3v) is 6.86. The Kier molecular flexibility index (Phi) is 4.97. The molecule has 0 spiro atoms. The highest BCUT2D eigenvalue weighted by Crippen LogP contribution is 2.27. The molecule has 0 unspecified atom stereocenters. The van der Waals surface area contributed by atoms with Crippen molar-refractivity contribution in [3.05, 3.63) is 17.0 Å². The first kappa shape index (κ1) is 14.9. The highest BCUT2D eigenvalue weighted by atomic mass is 32.2. The molecular formula is C12H19NO4S2. The van der Waals surface area contributed by atoms with E-state index in [2.05, 4.69) is 0 Å². The summed E-state index contributed by atoms with van der Waals surface area (Å²) in [4.78, 5) is 0.890. The molecule has 0 radical (unpaired) electrons. The van der Waals surface area contributed by atoms with E-state index in [1.807, 2.05) is 0 Å². The first-order valence-corrected chi connectivity index (χ1v) is 8.56. The van der Waals surface area contributed by atoms with Gasteiger partial charge in [0.05, 0.1) is 0 Å². The summed E-state index contributed by atoms with van der Waals surface area (Å²) in [6.45, 7) is 1.27. The van der Waals surface area contributed by atoms with Crippen LogP contribution >= 0.6 is 11.3 Å². The van der Waals surface area contributed by atoms with Gasteiger partial charge in [-0.25, -0.2) is 8.42 Å². The Bertz CT molecular complexity index is 506. The fourth-order valence-corrected chi connectivity index (χ4v) is 5.07. The lowest BCUT2D eigenvalue weighted by Crippen LogP contribution is -2.40. The maximum Gasteiger partial charge on any atom is 0.252 e. The van der Waals surface area contributed by atoms with Gasteiger partial charge in [0.25, 0.3) is 10.0 Å². The van der Waals surface area contributed by atoms with Crippen molar-refractivity contribution in [2.45, 2.75) is 29.5 Å². The SMILES string of the molecule is CN(C1CCOCC1)S(=O)(=O)c1ccc(CCO)s1. The molecule has 0 saturated carbocycles. The summed E-state index contributed by atoms with van der Waals surface area (Å²) in [7, 11) is -1.79. The van der Waals surface area contributed by atoms with Crippen molar-refractivity contribution in [3.63, 3.8) is 0 Å². The van der Waals surface area contributed by atoms with Crippen molar-refractivity contribution in [2.75, 3.05) is 26.9 Å². The van der Waals surface area contributed by atoms with Gasteiger partial charge in [-0.15, -0.1) is 11.3 Å².